The number of fused-ring (bicyclic) bond motifs is 2. The first-order chi connectivity index (χ1) is 14.1. The van der Waals surface area contributed by atoms with Gasteiger partial charge in [-0.05, 0) is 30.7 Å². The molecule has 6 nitrogen and oxygen atoms in total. The molecule has 1 fully saturated rings. The fourth-order valence-corrected chi connectivity index (χ4v) is 6.31. The minimum absolute atomic E-state index is 0.0309. The molecule has 3 aromatic heterocycles. The van der Waals surface area contributed by atoms with Gasteiger partial charge in [0, 0.05) is 60.6 Å². The van der Waals surface area contributed by atoms with Gasteiger partial charge in [-0.3, -0.25) is 18.9 Å². The van der Waals surface area contributed by atoms with Gasteiger partial charge in [-0.25, -0.2) is 4.98 Å². The molecule has 3 aromatic rings. The number of carbonyl (C=O) groups excluding carboxylic acids is 1. The molecular weight excluding hydrogens is 404 g/mol. The van der Waals surface area contributed by atoms with Gasteiger partial charge < -0.3 is 4.90 Å². The average molecular weight is 429 g/mol. The molecule has 2 aliphatic rings. The van der Waals surface area contributed by atoms with E-state index < -0.39 is 0 Å². The number of carbonyl (C=O) groups is 1. The first-order valence-corrected chi connectivity index (χ1v) is 11.9. The van der Waals surface area contributed by atoms with E-state index in [0.717, 1.165) is 61.2 Å². The molecule has 4 heterocycles. The van der Waals surface area contributed by atoms with Gasteiger partial charge in [0.2, 0.25) is 0 Å². The molecule has 0 bridgehead atoms. The molecule has 1 saturated heterocycles. The van der Waals surface area contributed by atoms with Crippen molar-refractivity contribution in [2.75, 3.05) is 26.2 Å². The molecule has 29 heavy (non-hydrogen) atoms. The zero-order valence-corrected chi connectivity index (χ0v) is 18.1. The van der Waals surface area contributed by atoms with Crippen LogP contribution in [0.4, 0.5) is 0 Å². The molecule has 1 aliphatic carbocycles. The predicted octanol–water partition coefficient (Wildman–Crippen LogP) is 2.90. The van der Waals surface area contributed by atoms with Crippen LogP contribution in [0, 0.1) is 5.92 Å². The van der Waals surface area contributed by atoms with E-state index in [4.69, 9.17) is 0 Å². The van der Waals surface area contributed by atoms with Crippen LogP contribution in [0.1, 0.15) is 39.8 Å². The van der Waals surface area contributed by atoms with Crippen LogP contribution in [-0.4, -0.2) is 51.3 Å². The molecule has 0 spiro atoms. The lowest BCUT2D eigenvalue weighted by Gasteiger charge is -2.34. The highest BCUT2D eigenvalue weighted by Gasteiger charge is 2.28. The van der Waals surface area contributed by atoms with Crippen molar-refractivity contribution in [3.05, 3.63) is 55.1 Å². The van der Waals surface area contributed by atoms with Crippen LogP contribution in [0.5, 0.6) is 0 Å². The topological polar surface area (TPSA) is 57.9 Å². The van der Waals surface area contributed by atoms with Crippen molar-refractivity contribution < 1.29 is 4.79 Å². The first kappa shape index (κ1) is 19.0. The van der Waals surface area contributed by atoms with Gasteiger partial charge in [-0.1, -0.05) is 6.92 Å². The molecule has 0 unspecified atom stereocenters. The quantitative estimate of drug-likeness (QED) is 0.644. The third-order valence-corrected chi connectivity index (χ3v) is 7.84. The summed E-state index contributed by atoms with van der Waals surface area (Å²) >= 11 is 3.23. The van der Waals surface area contributed by atoms with Crippen LogP contribution in [0.2, 0.25) is 0 Å². The Morgan fingerprint density at radius 1 is 1.24 bits per heavy atom. The number of thiophene rings is 1. The van der Waals surface area contributed by atoms with Crippen LogP contribution < -0.4 is 5.56 Å². The van der Waals surface area contributed by atoms with Crippen molar-refractivity contribution in [3.8, 4) is 0 Å². The van der Waals surface area contributed by atoms with Gasteiger partial charge in [-0.15, -0.1) is 22.7 Å². The van der Waals surface area contributed by atoms with E-state index in [1.54, 1.807) is 28.0 Å². The summed E-state index contributed by atoms with van der Waals surface area (Å²) in [6, 6.07) is 1.62. The minimum Gasteiger partial charge on any atom is -0.336 e. The molecule has 8 heteroatoms. The largest absolute Gasteiger partial charge is 0.336 e. The van der Waals surface area contributed by atoms with Gasteiger partial charge in [0.25, 0.3) is 11.5 Å². The Morgan fingerprint density at radius 3 is 2.90 bits per heavy atom. The summed E-state index contributed by atoms with van der Waals surface area (Å²) in [7, 11) is 0. The number of hydrogen-bond donors (Lipinski definition) is 0. The van der Waals surface area contributed by atoms with Crippen LogP contribution in [0.15, 0.2) is 27.8 Å². The van der Waals surface area contributed by atoms with E-state index >= 15 is 0 Å². The lowest BCUT2D eigenvalue weighted by atomic mass is 9.88. The second-order valence-corrected chi connectivity index (χ2v) is 9.95. The van der Waals surface area contributed by atoms with Crippen LogP contribution in [0.3, 0.4) is 0 Å². The van der Waals surface area contributed by atoms with Crippen molar-refractivity contribution in [3.63, 3.8) is 0 Å². The summed E-state index contributed by atoms with van der Waals surface area (Å²) in [4.78, 5) is 36.3. The minimum atomic E-state index is -0.0309. The highest BCUT2D eigenvalue weighted by Crippen LogP contribution is 2.33. The molecule has 1 amide bonds. The van der Waals surface area contributed by atoms with E-state index in [1.807, 2.05) is 10.3 Å². The number of amides is 1. The van der Waals surface area contributed by atoms with Crippen molar-refractivity contribution in [2.24, 2.45) is 5.92 Å². The van der Waals surface area contributed by atoms with E-state index in [9.17, 15) is 9.59 Å². The summed E-state index contributed by atoms with van der Waals surface area (Å²) in [6.07, 6.45) is 5.09. The Labute approximate surface area is 177 Å². The van der Waals surface area contributed by atoms with E-state index in [0.29, 0.717) is 6.54 Å². The van der Waals surface area contributed by atoms with Crippen molar-refractivity contribution in [1.82, 2.24) is 19.2 Å². The normalized spacial score (nSPS) is 20.2. The molecule has 0 radical (unpaired) electrons. The molecule has 1 aliphatic heterocycles. The molecule has 0 N–H and O–H groups in total. The maximum Gasteiger partial charge on any atom is 0.258 e. The molecule has 0 aromatic carbocycles. The zero-order valence-electron chi connectivity index (χ0n) is 16.5. The first-order valence-electron chi connectivity index (χ1n) is 10.1. The number of hydrogen-bond acceptors (Lipinski definition) is 6. The maximum absolute atomic E-state index is 13.1. The number of aromatic nitrogens is 2. The summed E-state index contributed by atoms with van der Waals surface area (Å²) in [5.74, 6) is 0.913. The van der Waals surface area contributed by atoms with Crippen molar-refractivity contribution in [1.29, 1.82) is 0 Å². The molecule has 152 valence electrons. The van der Waals surface area contributed by atoms with Gasteiger partial charge in [0.15, 0.2) is 4.96 Å². The Kier molecular flexibility index (Phi) is 5.01. The number of piperazine rings is 1. The monoisotopic (exact) mass is 428 g/mol. The van der Waals surface area contributed by atoms with Crippen molar-refractivity contribution >= 4 is 33.5 Å². The summed E-state index contributed by atoms with van der Waals surface area (Å²) in [6.45, 7) is 6.00. The van der Waals surface area contributed by atoms with E-state index in [2.05, 4.69) is 22.2 Å². The van der Waals surface area contributed by atoms with Crippen molar-refractivity contribution in [2.45, 2.75) is 32.7 Å². The average Bonchev–Trinajstić information content (AvgIpc) is 3.35. The highest BCUT2D eigenvalue weighted by atomic mass is 32.1. The Balaban J connectivity index is 1.23. The van der Waals surface area contributed by atoms with E-state index in [1.165, 1.54) is 28.2 Å². The van der Waals surface area contributed by atoms with Crippen LogP contribution >= 0.6 is 22.7 Å². The molecule has 5 rings (SSSR count). The third-order valence-electron chi connectivity index (χ3n) is 6.03. The van der Waals surface area contributed by atoms with E-state index in [-0.39, 0.29) is 11.5 Å². The van der Waals surface area contributed by atoms with Gasteiger partial charge in [0.05, 0.1) is 11.3 Å². The summed E-state index contributed by atoms with van der Waals surface area (Å²) in [5.41, 5.74) is 3.01. The van der Waals surface area contributed by atoms with Gasteiger partial charge in [-0.2, -0.15) is 0 Å². The highest BCUT2D eigenvalue weighted by molar-refractivity contribution is 7.15. The summed E-state index contributed by atoms with van der Waals surface area (Å²) < 4.78 is 1.58. The SMILES string of the molecule is C[C@@H]1CCc2c(C(=O)N3CCN(Cc4cc(=O)n5ccsc5n4)CC3)csc2C1. The Bertz CT molecular complexity index is 1110. The molecule has 0 saturated carbocycles. The fraction of sp³-hybridized carbons (Fsp3) is 0.476. The van der Waals surface area contributed by atoms with Crippen LogP contribution in [-0.2, 0) is 19.4 Å². The Morgan fingerprint density at radius 2 is 2.07 bits per heavy atom. The predicted molar refractivity (Wildman–Crippen MR) is 116 cm³/mol. The van der Waals surface area contributed by atoms with Gasteiger partial charge in [0.1, 0.15) is 0 Å². The van der Waals surface area contributed by atoms with Gasteiger partial charge >= 0.3 is 0 Å². The Hall–Kier alpha value is -2.03. The third kappa shape index (κ3) is 3.65. The number of nitrogens with zero attached hydrogens (tertiary/aromatic N) is 4. The number of rotatable bonds is 3. The maximum atomic E-state index is 13.1. The fourth-order valence-electron chi connectivity index (χ4n) is 4.33. The standard InChI is InChI=1S/C21H24N4O2S2/c1-14-2-3-16-17(13-29-18(16)10-14)20(27)24-6-4-23(5-7-24)12-15-11-19(26)25-8-9-28-21(25)22-15/h8-9,11,13-14H,2-7,10,12H2,1H3/t14-/m1/s1. The number of thiazole rings is 1. The zero-order chi connectivity index (χ0) is 20.0. The lowest BCUT2D eigenvalue weighted by Crippen LogP contribution is -2.48. The smallest absolute Gasteiger partial charge is 0.258 e. The summed E-state index contributed by atoms with van der Waals surface area (Å²) in [5, 5.41) is 3.95. The second kappa shape index (κ2) is 7.66. The van der Waals surface area contributed by atoms with Crippen LogP contribution in [0.25, 0.3) is 4.96 Å². The molecule has 1 atom stereocenters. The lowest BCUT2D eigenvalue weighted by molar-refractivity contribution is 0.0626. The second-order valence-electron chi connectivity index (χ2n) is 8.11. The molecular formula is C21H24N4O2S2.